The predicted molar refractivity (Wildman–Crippen MR) is 41.2 cm³/mol. The second-order valence-electron chi connectivity index (χ2n) is 2.79. The van der Waals surface area contributed by atoms with E-state index in [1.807, 2.05) is 26.8 Å². The molecule has 3 nitrogen and oxygen atoms in total. The van der Waals surface area contributed by atoms with E-state index in [9.17, 15) is 0 Å². The highest BCUT2D eigenvalue weighted by molar-refractivity contribution is 5.01. The molecule has 1 aromatic rings. The summed E-state index contributed by atoms with van der Waals surface area (Å²) in [4.78, 5) is 0. The van der Waals surface area contributed by atoms with Crippen LogP contribution in [-0.4, -0.2) is 11.3 Å². The fourth-order valence-corrected chi connectivity index (χ4v) is 0.733. The summed E-state index contributed by atoms with van der Waals surface area (Å²) >= 11 is 0. The molecule has 0 aliphatic heterocycles. The summed E-state index contributed by atoms with van der Waals surface area (Å²) in [5.74, 6) is 0.788. The summed E-state index contributed by atoms with van der Waals surface area (Å²) in [6, 6.07) is 1.88. The summed E-state index contributed by atoms with van der Waals surface area (Å²) in [6.45, 7) is 6.38. The van der Waals surface area contributed by atoms with Crippen molar-refractivity contribution in [1.82, 2.24) is 5.16 Å². The third-order valence-electron chi connectivity index (χ3n) is 1.24. The van der Waals surface area contributed by atoms with Gasteiger partial charge in [0.1, 0.15) is 6.61 Å². The number of ether oxygens (including phenoxy) is 1. The number of hydrogen-bond donors (Lipinski definition) is 0. The quantitative estimate of drug-likeness (QED) is 0.668. The van der Waals surface area contributed by atoms with Crippen LogP contribution in [0.4, 0.5) is 0 Å². The van der Waals surface area contributed by atoms with Crippen LogP contribution in [-0.2, 0) is 11.3 Å². The van der Waals surface area contributed by atoms with Crippen molar-refractivity contribution in [2.75, 3.05) is 0 Å². The number of rotatable bonds is 3. The van der Waals surface area contributed by atoms with E-state index in [0.29, 0.717) is 6.61 Å². The van der Waals surface area contributed by atoms with Crippen molar-refractivity contribution >= 4 is 0 Å². The van der Waals surface area contributed by atoms with Gasteiger partial charge in [-0.25, -0.2) is 0 Å². The third kappa shape index (κ3) is 2.72. The van der Waals surface area contributed by atoms with Gasteiger partial charge in [-0.05, 0) is 20.8 Å². The second kappa shape index (κ2) is 3.53. The van der Waals surface area contributed by atoms with Crippen molar-refractivity contribution in [3.8, 4) is 0 Å². The molecule has 0 unspecified atom stereocenters. The minimum Gasteiger partial charge on any atom is -0.371 e. The zero-order valence-electron chi connectivity index (χ0n) is 7.13. The molecule has 3 heteroatoms. The molecule has 62 valence electrons. The van der Waals surface area contributed by atoms with Gasteiger partial charge in [-0.3, -0.25) is 0 Å². The Morgan fingerprint density at radius 1 is 1.64 bits per heavy atom. The van der Waals surface area contributed by atoms with Gasteiger partial charge >= 0.3 is 0 Å². The van der Waals surface area contributed by atoms with Gasteiger partial charge in [0.25, 0.3) is 0 Å². The summed E-state index contributed by atoms with van der Waals surface area (Å²) in [5.41, 5.74) is 0.896. The van der Waals surface area contributed by atoms with Gasteiger partial charge in [0.15, 0.2) is 5.76 Å². The SMILES string of the molecule is Cc1cc(COC(C)C)on1. The Bertz CT molecular complexity index is 218. The van der Waals surface area contributed by atoms with Gasteiger partial charge in [0, 0.05) is 6.07 Å². The van der Waals surface area contributed by atoms with Crippen LogP contribution in [0, 0.1) is 6.92 Å². The van der Waals surface area contributed by atoms with Crippen molar-refractivity contribution in [2.24, 2.45) is 0 Å². The monoisotopic (exact) mass is 155 g/mol. The summed E-state index contributed by atoms with van der Waals surface area (Å²) in [6.07, 6.45) is 0.236. The topological polar surface area (TPSA) is 35.3 Å². The fraction of sp³-hybridized carbons (Fsp3) is 0.625. The lowest BCUT2D eigenvalue weighted by atomic mass is 10.4. The van der Waals surface area contributed by atoms with Crippen LogP contribution >= 0.6 is 0 Å². The minimum absolute atomic E-state index is 0.236. The number of aryl methyl sites for hydroxylation is 1. The molecule has 11 heavy (non-hydrogen) atoms. The normalized spacial score (nSPS) is 10.9. The Morgan fingerprint density at radius 2 is 2.36 bits per heavy atom. The molecule has 0 atom stereocenters. The molecule has 0 amide bonds. The molecule has 0 fully saturated rings. The first-order chi connectivity index (χ1) is 5.18. The smallest absolute Gasteiger partial charge is 0.162 e. The number of aromatic nitrogens is 1. The van der Waals surface area contributed by atoms with Crippen LogP contribution in [0.25, 0.3) is 0 Å². The zero-order valence-corrected chi connectivity index (χ0v) is 7.13. The molecule has 0 spiro atoms. The van der Waals surface area contributed by atoms with Crippen molar-refractivity contribution in [3.63, 3.8) is 0 Å². The first-order valence-corrected chi connectivity index (χ1v) is 3.72. The molecule has 1 aromatic heterocycles. The van der Waals surface area contributed by atoms with Crippen LogP contribution in [0.5, 0.6) is 0 Å². The van der Waals surface area contributed by atoms with Gasteiger partial charge in [-0.1, -0.05) is 5.16 Å². The lowest BCUT2D eigenvalue weighted by Gasteiger charge is -2.02. The van der Waals surface area contributed by atoms with E-state index in [1.165, 1.54) is 0 Å². The van der Waals surface area contributed by atoms with Crippen LogP contribution in [0.2, 0.25) is 0 Å². The van der Waals surface area contributed by atoms with Crippen LogP contribution in [0.3, 0.4) is 0 Å². The standard InChI is InChI=1S/C8H13NO2/c1-6(2)10-5-8-4-7(3)9-11-8/h4,6H,5H2,1-3H3. The first kappa shape index (κ1) is 8.27. The van der Waals surface area contributed by atoms with Gasteiger partial charge in [-0.2, -0.15) is 0 Å². The second-order valence-corrected chi connectivity index (χ2v) is 2.79. The largest absolute Gasteiger partial charge is 0.371 e. The van der Waals surface area contributed by atoms with Crippen LogP contribution in [0.1, 0.15) is 25.3 Å². The van der Waals surface area contributed by atoms with E-state index < -0.39 is 0 Å². The maximum absolute atomic E-state index is 5.31. The molecule has 1 heterocycles. The van der Waals surface area contributed by atoms with E-state index in [4.69, 9.17) is 9.26 Å². The summed E-state index contributed by atoms with van der Waals surface area (Å²) < 4.78 is 10.2. The number of hydrogen-bond acceptors (Lipinski definition) is 3. The van der Waals surface area contributed by atoms with E-state index >= 15 is 0 Å². The van der Waals surface area contributed by atoms with Crippen molar-refractivity contribution < 1.29 is 9.26 Å². The highest BCUT2D eigenvalue weighted by Crippen LogP contribution is 2.04. The molecule has 0 radical (unpaired) electrons. The molecule has 0 saturated heterocycles. The lowest BCUT2D eigenvalue weighted by molar-refractivity contribution is 0.0512. The summed E-state index contributed by atoms with van der Waals surface area (Å²) in [5, 5.41) is 3.74. The number of nitrogens with zero attached hydrogens (tertiary/aromatic N) is 1. The maximum atomic E-state index is 5.31. The van der Waals surface area contributed by atoms with E-state index in [2.05, 4.69) is 5.16 Å². The van der Waals surface area contributed by atoms with E-state index in [0.717, 1.165) is 11.5 Å². The first-order valence-electron chi connectivity index (χ1n) is 3.72. The minimum atomic E-state index is 0.236. The summed E-state index contributed by atoms with van der Waals surface area (Å²) in [7, 11) is 0. The molecular formula is C8H13NO2. The molecule has 0 aliphatic rings. The fourth-order valence-electron chi connectivity index (χ4n) is 0.733. The molecule has 0 N–H and O–H groups in total. The predicted octanol–water partition coefficient (Wildman–Crippen LogP) is 1.91. The van der Waals surface area contributed by atoms with E-state index in [1.54, 1.807) is 0 Å². The Hall–Kier alpha value is -0.830. The average Bonchev–Trinajstić information content (AvgIpc) is 2.31. The van der Waals surface area contributed by atoms with Crippen molar-refractivity contribution in [2.45, 2.75) is 33.5 Å². The van der Waals surface area contributed by atoms with Gasteiger partial charge < -0.3 is 9.26 Å². The Morgan fingerprint density at radius 3 is 2.82 bits per heavy atom. The van der Waals surface area contributed by atoms with Crippen molar-refractivity contribution in [1.29, 1.82) is 0 Å². The Kier molecular flexibility index (Phi) is 2.65. The molecule has 0 aromatic carbocycles. The van der Waals surface area contributed by atoms with Crippen LogP contribution in [0.15, 0.2) is 10.6 Å². The third-order valence-corrected chi connectivity index (χ3v) is 1.24. The van der Waals surface area contributed by atoms with Crippen molar-refractivity contribution in [3.05, 3.63) is 17.5 Å². The lowest BCUT2D eigenvalue weighted by Crippen LogP contribution is -2.01. The Labute approximate surface area is 66.3 Å². The molecule has 0 aliphatic carbocycles. The highest BCUT2D eigenvalue weighted by atomic mass is 16.5. The van der Waals surface area contributed by atoms with Gasteiger partial charge in [0.2, 0.25) is 0 Å². The van der Waals surface area contributed by atoms with Crippen LogP contribution < -0.4 is 0 Å². The zero-order chi connectivity index (χ0) is 8.27. The Balaban J connectivity index is 2.39. The average molecular weight is 155 g/mol. The highest BCUT2D eigenvalue weighted by Gasteiger charge is 2.01. The van der Waals surface area contributed by atoms with E-state index in [-0.39, 0.29) is 6.10 Å². The molecule has 1 rings (SSSR count). The molecule has 0 bridgehead atoms. The molecule has 0 saturated carbocycles. The van der Waals surface area contributed by atoms with Gasteiger partial charge in [-0.15, -0.1) is 0 Å². The molecular weight excluding hydrogens is 142 g/mol. The maximum Gasteiger partial charge on any atom is 0.162 e. The van der Waals surface area contributed by atoms with Gasteiger partial charge in [0.05, 0.1) is 11.8 Å².